The predicted molar refractivity (Wildman–Crippen MR) is 225 cm³/mol. The smallest absolute Gasteiger partial charge is 0.331 e. The van der Waals surface area contributed by atoms with Crippen molar-refractivity contribution in [2.45, 2.75) is 159 Å². The molecule has 12 nitrogen and oxygen atoms in total. The Kier molecular flexibility index (Phi) is 18.1. The summed E-state index contributed by atoms with van der Waals surface area (Å²) in [5, 5.41) is 44.3. The third-order valence-corrected chi connectivity index (χ3v) is 11.9. The molecule has 0 radical (unpaired) electrons. The number of ether oxygens (including phenoxy) is 5. The summed E-state index contributed by atoms with van der Waals surface area (Å²) in [4.78, 5) is 23.9. The van der Waals surface area contributed by atoms with Crippen LogP contribution in [0.25, 0.3) is 0 Å². The van der Waals surface area contributed by atoms with Crippen LogP contribution in [0.5, 0.6) is 0 Å². The number of aliphatic carboxylic acids is 1. The molecule has 3 saturated heterocycles. The fourth-order valence-corrected chi connectivity index (χ4v) is 8.38. The van der Waals surface area contributed by atoms with Crippen molar-refractivity contribution >= 4 is 17.7 Å². The highest BCUT2D eigenvalue weighted by Crippen LogP contribution is 2.38. The molecule has 0 spiro atoms. The molecule has 0 aromatic rings. The summed E-state index contributed by atoms with van der Waals surface area (Å²) in [6.07, 6.45) is 28.6. The highest BCUT2D eigenvalue weighted by molar-refractivity contribution is 5.87. The third kappa shape index (κ3) is 13.8. The topological polar surface area (TPSA) is 174 Å². The van der Waals surface area contributed by atoms with Gasteiger partial charge >= 0.3 is 11.9 Å². The van der Waals surface area contributed by atoms with Crippen LogP contribution in [0, 0.1) is 17.8 Å². The maximum absolute atomic E-state index is 13.0. The number of esters is 1. The summed E-state index contributed by atoms with van der Waals surface area (Å²) in [5.74, 6) is -1.15. The van der Waals surface area contributed by atoms with Crippen molar-refractivity contribution in [2.75, 3.05) is 0 Å². The highest BCUT2D eigenvalue weighted by atomic mass is 16.6. The van der Waals surface area contributed by atoms with Crippen LogP contribution in [-0.4, -0.2) is 105 Å². The van der Waals surface area contributed by atoms with Gasteiger partial charge in [-0.2, -0.15) is 0 Å². The van der Waals surface area contributed by atoms with E-state index < -0.39 is 42.5 Å². The van der Waals surface area contributed by atoms with Crippen molar-refractivity contribution in [3.8, 4) is 0 Å². The van der Waals surface area contributed by atoms with Crippen LogP contribution in [-0.2, 0) is 33.3 Å². The fraction of sp³-hybridized carbons (Fsp3) is 0.596. The first kappa shape index (κ1) is 46.2. The molecular formula is C47H65NO11. The van der Waals surface area contributed by atoms with Gasteiger partial charge in [0.25, 0.3) is 0 Å². The van der Waals surface area contributed by atoms with Gasteiger partial charge in [0.05, 0.1) is 42.3 Å². The second-order valence-electron chi connectivity index (χ2n) is 16.6. The van der Waals surface area contributed by atoms with Crippen molar-refractivity contribution in [2.24, 2.45) is 22.9 Å². The number of nitrogens with zero attached hydrogens (tertiary/aromatic N) is 1. The van der Waals surface area contributed by atoms with Crippen molar-refractivity contribution in [1.82, 2.24) is 0 Å². The van der Waals surface area contributed by atoms with Gasteiger partial charge < -0.3 is 44.2 Å². The predicted octanol–water partition coefficient (Wildman–Crippen LogP) is 7.27. The number of hydrogen-bond acceptors (Lipinski definition) is 11. The average Bonchev–Trinajstić information content (AvgIpc) is 3.56. The van der Waals surface area contributed by atoms with Crippen LogP contribution >= 0.6 is 0 Å². The van der Waals surface area contributed by atoms with Gasteiger partial charge in [0.2, 0.25) is 0 Å². The molecule has 6 rings (SSSR count). The Hall–Kier alpha value is -3.91. The first-order chi connectivity index (χ1) is 28.4. The van der Waals surface area contributed by atoms with E-state index in [4.69, 9.17) is 28.8 Å². The number of allylic oxidation sites excluding steroid dienone is 7. The minimum absolute atomic E-state index is 0.0382. The average molecular weight is 820 g/mol. The Bertz CT molecular complexity index is 1660. The standard InChI is InChI=1S/C47H65NO11/c1-30(17-14-15-23-44(50)51)27-31(2)47-40-26-25-34(55-47)18-10-6-5-7-11-19-36(49)46(53)43-28-35(48-54)32(3)37(57-43)21-16-22-38-33(4)41-29-42(56-38)39(58-41)20-12-8-9-13-24-45(52)59-40/h6,8-13,16,19-20,22,24-27,30,32-34,36-43,46-47,49,53-54H,5,7,14-15,17-18,21,23,28-29H2,1-4H3,(H,50,51)/b9-8-,10-6+,19-11+,20-12+,22-16+,24-13-,31-27+,48-35+/t30-,32+,33+,34+,36+,37-,38+,39-,40-,41-,42-,43-,46+,47+/m1/s1. The van der Waals surface area contributed by atoms with E-state index in [9.17, 15) is 25.0 Å². The Morgan fingerprint density at radius 1 is 0.831 bits per heavy atom. The number of carbonyl (C=O) groups excluding carboxylic acids is 1. The number of oxime groups is 1. The van der Waals surface area contributed by atoms with Crippen LogP contribution in [0.2, 0.25) is 0 Å². The molecule has 7 bridgehead atoms. The van der Waals surface area contributed by atoms with Crippen molar-refractivity contribution < 1.29 is 53.8 Å². The molecule has 0 aliphatic carbocycles. The van der Waals surface area contributed by atoms with E-state index in [0.29, 0.717) is 37.8 Å². The minimum Gasteiger partial charge on any atom is -0.481 e. The van der Waals surface area contributed by atoms with Crippen LogP contribution in [0.1, 0.15) is 91.9 Å². The lowest BCUT2D eigenvalue weighted by Gasteiger charge is -2.38. The quantitative estimate of drug-likeness (QED) is 0.0669. The highest BCUT2D eigenvalue weighted by Gasteiger charge is 2.45. The van der Waals surface area contributed by atoms with E-state index in [0.717, 1.165) is 24.8 Å². The molecule has 0 saturated carbocycles. The lowest BCUT2D eigenvalue weighted by molar-refractivity contribution is -0.148. The summed E-state index contributed by atoms with van der Waals surface area (Å²) < 4.78 is 31.6. The molecule has 4 N–H and O–H groups in total. The molecule has 3 fully saturated rings. The molecule has 59 heavy (non-hydrogen) atoms. The van der Waals surface area contributed by atoms with Gasteiger partial charge in [-0.1, -0.05) is 111 Å². The van der Waals surface area contributed by atoms with Gasteiger partial charge in [-0.25, -0.2) is 4.79 Å². The zero-order valence-corrected chi connectivity index (χ0v) is 34.9. The number of hydrogen-bond donors (Lipinski definition) is 4. The third-order valence-electron chi connectivity index (χ3n) is 11.9. The van der Waals surface area contributed by atoms with Gasteiger partial charge in [-0.15, -0.1) is 0 Å². The molecule has 0 unspecified atom stereocenters. The van der Waals surface area contributed by atoms with Gasteiger partial charge in [0, 0.05) is 37.2 Å². The molecule has 0 aromatic carbocycles. The summed E-state index contributed by atoms with van der Waals surface area (Å²) in [5.41, 5.74) is 1.47. The molecule has 14 atom stereocenters. The van der Waals surface area contributed by atoms with Crippen LogP contribution in [0.4, 0.5) is 0 Å². The minimum atomic E-state index is -1.21. The second-order valence-corrected chi connectivity index (χ2v) is 16.6. The number of aliphatic hydroxyl groups is 2. The number of unbranched alkanes of at least 4 members (excludes halogenated alkanes) is 1. The molecule has 0 amide bonds. The number of carbonyl (C=O) groups is 2. The van der Waals surface area contributed by atoms with Gasteiger partial charge in [-0.05, 0) is 63.0 Å². The van der Waals surface area contributed by atoms with Crippen LogP contribution in [0.15, 0.2) is 102 Å². The molecule has 6 aliphatic heterocycles. The molecule has 6 aliphatic rings. The van der Waals surface area contributed by atoms with Gasteiger partial charge in [-0.3, -0.25) is 4.79 Å². The van der Waals surface area contributed by atoms with E-state index in [1.807, 2.05) is 74.6 Å². The number of rotatable bonds is 7. The van der Waals surface area contributed by atoms with Crippen LogP contribution < -0.4 is 0 Å². The first-order valence-electron chi connectivity index (χ1n) is 21.4. The zero-order valence-electron chi connectivity index (χ0n) is 34.9. The molecule has 12 heteroatoms. The largest absolute Gasteiger partial charge is 0.481 e. The summed E-state index contributed by atoms with van der Waals surface area (Å²) in [6.45, 7) is 8.13. The first-order valence-corrected chi connectivity index (χ1v) is 21.4. The van der Waals surface area contributed by atoms with Crippen molar-refractivity contribution in [3.63, 3.8) is 0 Å². The second kappa shape index (κ2) is 23.2. The summed E-state index contributed by atoms with van der Waals surface area (Å²) in [6, 6.07) is 0. The molecule has 6 heterocycles. The lowest BCUT2D eigenvalue weighted by atomic mass is 9.86. The Morgan fingerprint density at radius 2 is 1.61 bits per heavy atom. The monoisotopic (exact) mass is 819 g/mol. The zero-order chi connectivity index (χ0) is 42.3. The number of aliphatic hydroxyl groups excluding tert-OH is 2. The maximum atomic E-state index is 13.0. The van der Waals surface area contributed by atoms with E-state index in [2.05, 4.69) is 25.1 Å². The normalized spacial score (nSPS) is 40.6. The van der Waals surface area contributed by atoms with Crippen LogP contribution in [0.3, 0.4) is 0 Å². The van der Waals surface area contributed by atoms with E-state index in [1.54, 1.807) is 18.2 Å². The Balaban J connectivity index is 1.30. The van der Waals surface area contributed by atoms with Gasteiger partial charge in [0.1, 0.15) is 24.4 Å². The van der Waals surface area contributed by atoms with Gasteiger partial charge in [0.15, 0.2) is 6.10 Å². The van der Waals surface area contributed by atoms with E-state index >= 15 is 0 Å². The molecular weight excluding hydrogens is 755 g/mol. The number of carboxylic acids is 1. The SMILES string of the molecule is C/C(=C\[C@H](C)CCCCC(=O)O)[C@@H]1O[C@@H]2C=C[C@H]1OC(=O)\C=C/C=C\C=C\[C@H]1O[C@@H]3C[C@H]1O[C@@H](/C=C/C[C@H]1O[C@H](C/C(=N\O)[C@@H]1C)[C@@H](O)[C@@H](O)/C=C/CC/C=C/C2)[C@@H]3C. The lowest BCUT2D eigenvalue weighted by Crippen LogP contribution is -2.48. The Labute approximate surface area is 349 Å². The van der Waals surface area contributed by atoms with E-state index in [1.165, 1.54) is 6.08 Å². The van der Waals surface area contributed by atoms with E-state index in [-0.39, 0.29) is 67.2 Å². The van der Waals surface area contributed by atoms with Crippen molar-refractivity contribution in [3.05, 3.63) is 96.7 Å². The fourth-order valence-electron chi connectivity index (χ4n) is 8.38. The summed E-state index contributed by atoms with van der Waals surface area (Å²) in [7, 11) is 0. The maximum Gasteiger partial charge on any atom is 0.331 e. The molecule has 0 aromatic heterocycles. The number of fused-ring (bicyclic) bond motifs is 13. The molecule has 324 valence electrons. The van der Waals surface area contributed by atoms with Crippen molar-refractivity contribution in [1.29, 1.82) is 0 Å². The number of carboxylic acid groups (broad SMARTS) is 1. The summed E-state index contributed by atoms with van der Waals surface area (Å²) >= 11 is 0. The Morgan fingerprint density at radius 3 is 2.41 bits per heavy atom.